The number of carbonyl (C=O) groups is 1. The number of benzene rings is 3. The summed E-state index contributed by atoms with van der Waals surface area (Å²) in [5.41, 5.74) is 2.56. The Balaban J connectivity index is 1.84. The molecule has 1 N–H and O–H groups in total. The van der Waals surface area contributed by atoms with Crippen molar-refractivity contribution in [2.45, 2.75) is 38.1 Å². The van der Waals surface area contributed by atoms with Crippen LogP contribution in [-0.4, -0.2) is 27.5 Å². The van der Waals surface area contributed by atoms with Gasteiger partial charge in [0.05, 0.1) is 23.2 Å². The molecular weight excluding hydrogens is 436 g/mol. The Labute approximate surface area is 196 Å². The number of nitrogens with one attached hydrogen (secondary N) is 1. The third-order valence-corrected chi connectivity index (χ3v) is 7.11. The van der Waals surface area contributed by atoms with E-state index in [1.807, 2.05) is 38.1 Å². The van der Waals surface area contributed by atoms with Crippen molar-refractivity contribution in [3.05, 3.63) is 90.0 Å². The highest BCUT2D eigenvalue weighted by Crippen LogP contribution is 2.26. The molecule has 1 atom stereocenters. The number of carbonyl (C=O) groups excluding carboxylic acids is 1. The van der Waals surface area contributed by atoms with E-state index in [0.29, 0.717) is 18.0 Å². The predicted octanol–water partition coefficient (Wildman–Crippen LogP) is 4.72. The molecule has 174 valence electrons. The van der Waals surface area contributed by atoms with Crippen molar-refractivity contribution in [2.24, 2.45) is 0 Å². The fourth-order valence-corrected chi connectivity index (χ4v) is 4.89. The van der Waals surface area contributed by atoms with Crippen LogP contribution in [0.1, 0.15) is 37.9 Å². The summed E-state index contributed by atoms with van der Waals surface area (Å²) in [5.74, 6) is 0.238. The van der Waals surface area contributed by atoms with Gasteiger partial charge in [-0.05, 0) is 67.8 Å². The first kappa shape index (κ1) is 24.3. The quantitative estimate of drug-likeness (QED) is 0.469. The zero-order valence-corrected chi connectivity index (χ0v) is 20.0. The molecule has 3 rings (SSSR count). The zero-order chi connectivity index (χ0) is 23.8. The topological polar surface area (TPSA) is 75.7 Å². The first-order valence-electron chi connectivity index (χ1n) is 11.0. The van der Waals surface area contributed by atoms with Crippen molar-refractivity contribution in [2.75, 3.05) is 17.5 Å². The van der Waals surface area contributed by atoms with Gasteiger partial charge in [0.25, 0.3) is 10.0 Å². The number of sulfonamides is 1. The molecule has 0 heterocycles. The van der Waals surface area contributed by atoms with Crippen molar-refractivity contribution in [3.8, 4) is 5.75 Å². The predicted molar refractivity (Wildman–Crippen MR) is 131 cm³/mol. The Morgan fingerprint density at radius 3 is 2.15 bits per heavy atom. The first-order valence-corrected chi connectivity index (χ1v) is 12.5. The Hall–Kier alpha value is -3.32. The molecular formula is C26H30N2O4S. The molecule has 0 aliphatic rings. The third kappa shape index (κ3) is 6.14. The lowest BCUT2D eigenvalue weighted by Crippen LogP contribution is -2.41. The van der Waals surface area contributed by atoms with Crippen molar-refractivity contribution in [1.29, 1.82) is 0 Å². The van der Waals surface area contributed by atoms with Gasteiger partial charge in [-0.25, -0.2) is 8.42 Å². The Bertz CT molecular complexity index is 1150. The Kier molecular flexibility index (Phi) is 8.11. The molecule has 0 saturated carbocycles. The number of anilines is 1. The average molecular weight is 467 g/mol. The van der Waals surface area contributed by atoms with E-state index in [1.165, 1.54) is 17.7 Å². The van der Waals surface area contributed by atoms with Crippen LogP contribution in [0, 0.1) is 0 Å². The van der Waals surface area contributed by atoms with Crippen LogP contribution < -0.4 is 14.4 Å². The van der Waals surface area contributed by atoms with Gasteiger partial charge in [0.15, 0.2) is 0 Å². The number of nitrogens with zero attached hydrogens (tertiary/aromatic N) is 1. The second-order valence-electron chi connectivity index (χ2n) is 7.64. The molecule has 7 heteroatoms. The van der Waals surface area contributed by atoms with Crippen LogP contribution in [0.3, 0.4) is 0 Å². The van der Waals surface area contributed by atoms with Gasteiger partial charge >= 0.3 is 0 Å². The van der Waals surface area contributed by atoms with Gasteiger partial charge in [-0.1, -0.05) is 49.4 Å². The lowest BCUT2D eigenvalue weighted by Gasteiger charge is -2.25. The minimum atomic E-state index is -3.95. The first-order chi connectivity index (χ1) is 15.8. The van der Waals surface area contributed by atoms with Gasteiger partial charge in [0, 0.05) is 0 Å². The fraction of sp³-hybridized carbons (Fsp3) is 0.269. The molecule has 1 amide bonds. The molecule has 0 bridgehead atoms. The molecule has 0 saturated heterocycles. The lowest BCUT2D eigenvalue weighted by atomic mass is 10.1. The molecule has 0 aromatic heterocycles. The Morgan fingerprint density at radius 2 is 1.58 bits per heavy atom. The summed E-state index contributed by atoms with van der Waals surface area (Å²) in [4.78, 5) is 13.1. The van der Waals surface area contributed by atoms with Crippen molar-refractivity contribution < 1.29 is 17.9 Å². The number of amides is 1. The van der Waals surface area contributed by atoms with E-state index in [-0.39, 0.29) is 17.5 Å². The summed E-state index contributed by atoms with van der Waals surface area (Å²) in [6, 6.07) is 22.6. The van der Waals surface area contributed by atoms with Gasteiger partial charge in [0.1, 0.15) is 12.3 Å². The molecule has 33 heavy (non-hydrogen) atoms. The van der Waals surface area contributed by atoms with E-state index in [0.717, 1.165) is 16.3 Å². The van der Waals surface area contributed by atoms with Crippen LogP contribution in [0.4, 0.5) is 5.69 Å². The van der Waals surface area contributed by atoms with Gasteiger partial charge in [-0.15, -0.1) is 0 Å². The number of hydrogen-bond acceptors (Lipinski definition) is 4. The molecule has 3 aromatic rings. The maximum absolute atomic E-state index is 13.4. The standard InChI is InChI=1S/C26H30N2O4S/c1-4-21-11-13-22(14-12-21)20(3)27-26(29)19-28(23-15-17-24(18-16-23)32-5-2)33(30,31)25-9-7-6-8-10-25/h6-18,20H,4-5,19H2,1-3H3,(H,27,29). The molecule has 0 spiro atoms. The SMILES string of the molecule is CCOc1ccc(N(CC(=O)NC(C)c2ccc(CC)cc2)S(=O)(=O)c2ccccc2)cc1. The molecule has 0 aliphatic heterocycles. The van der Waals surface area contributed by atoms with Crippen LogP contribution >= 0.6 is 0 Å². The second kappa shape index (κ2) is 11.0. The molecule has 0 fully saturated rings. The van der Waals surface area contributed by atoms with E-state index >= 15 is 0 Å². The van der Waals surface area contributed by atoms with E-state index < -0.39 is 15.9 Å². The number of hydrogen-bond donors (Lipinski definition) is 1. The molecule has 6 nitrogen and oxygen atoms in total. The molecule has 0 radical (unpaired) electrons. The summed E-state index contributed by atoms with van der Waals surface area (Å²) < 4.78 is 33.4. The molecule has 3 aromatic carbocycles. The minimum absolute atomic E-state index is 0.120. The summed E-state index contributed by atoms with van der Waals surface area (Å²) >= 11 is 0. The lowest BCUT2D eigenvalue weighted by molar-refractivity contribution is -0.120. The zero-order valence-electron chi connectivity index (χ0n) is 19.2. The largest absolute Gasteiger partial charge is 0.494 e. The smallest absolute Gasteiger partial charge is 0.264 e. The van der Waals surface area contributed by atoms with E-state index in [9.17, 15) is 13.2 Å². The highest BCUT2D eigenvalue weighted by molar-refractivity contribution is 7.92. The van der Waals surface area contributed by atoms with Gasteiger partial charge < -0.3 is 10.1 Å². The van der Waals surface area contributed by atoms with Crippen LogP contribution in [0.15, 0.2) is 83.8 Å². The summed E-state index contributed by atoms with van der Waals surface area (Å²) in [6.45, 7) is 6.00. The fourth-order valence-electron chi connectivity index (χ4n) is 3.45. The van der Waals surface area contributed by atoms with Crippen molar-refractivity contribution >= 4 is 21.6 Å². The summed E-state index contributed by atoms with van der Waals surface area (Å²) in [7, 11) is -3.95. The van der Waals surface area contributed by atoms with Gasteiger partial charge in [-0.3, -0.25) is 9.10 Å². The van der Waals surface area contributed by atoms with E-state index in [1.54, 1.807) is 42.5 Å². The maximum Gasteiger partial charge on any atom is 0.264 e. The van der Waals surface area contributed by atoms with Crippen LogP contribution in [-0.2, 0) is 21.2 Å². The maximum atomic E-state index is 13.4. The van der Waals surface area contributed by atoms with Crippen LogP contribution in [0.25, 0.3) is 0 Å². The average Bonchev–Trinajstić information content (AvgIpc) is 2.84. The molecule has 0 aliphatic carbocycles. The van der Waals surface area contributed by atoms with Crippen molar-refractivity contribution in [1.82, 2.24) is 5.32 Å². The van der Waals surface area contributed by atoms with Gasteiger partial charge in [-0.2, -0.15) is 0 Å². The second-order valence-corrected chi connectivity index (χ2v) is 9.50. The summed E-state index contributed by atoms with van der Waals surface area (Å²) in [5, 5.41) is 2.92. The summed E-state index contributed by atoms with van der Waals surface area (Å²) in [6.07, 6.45) is 0.940. The highest BCUT2D eigenvalue weighted by atomic mass is 32.2. The normalized spacial score (nSPS) is 12.1. The number of ether oxygens (including phenoxy) is 1. The van der Waals surface area contributed by atoms with Crippen molar-refractivity contribution in [3.63, 3.8) is 0 Å². The van der Waals surface area contributed by atoms with E-state index in [4.69, 9.17) is 4.74 Å². The monoisotopic (exact) mass is 466 g/mol. The molecule has 1 unspecified atom stereocenters. The number of rotatable bonds is 10. The van der Waals surface area contributed by atoms with Crippen LogP contribution in [0.5, 0.6) is 5.75 Å². The third-order valence-electron chi connectivity index (χ3n) is 5.32. The Morgan fingerprint density at radius 1 is 0.939 bits per heavy atom. The van der Waals surface area contributed by atoms with Crippen LogP contribution in [0.2, 0.25) is 0 Å². The minimum Gasteiger partial charge on any atom is -0.494 e. The van der Waals surface area contributed by atoms with E-state index in [2.05, 4.69) is 12.2 Å². The highest BCUT2D eigenvalue weighted by Gasteiger charge is 2.27. The number of aryl methyl sites for hydroxylation is 1. The van der Waals surface area contributed by atoms with Gasteiger partial charge in [0.2, 0.25) is 5.91 Å².